The Kier molecular flexibility index (Phi) is 6.37. The normalized spacial score (nSPS) is 15.3. The van der Waals surface area contributed by atoms with E-state index in [4.69, 9.17) is 16.3 Å². The standard InChI is InChI=1S/C18H22ClN3O2S/c1-2-24-16(23)12-25-18-21-20-17(13-7-4-3-5-8-13)22(18)15-10-6-9-14(19)11-15/h6,9-11,13H,2-5,7-8,12H2,1H3. The van der Waals surface area contributed by atoms with Gasteiger partial charge in [0.2, 0.25) is 0 Å². The Bertz CT molecular complexity index is 729. The Balaban J connectivity index is 1.91. The van der Waals surface area contributed by atoms with E-state index in [0.29, 0.717) is 22.7 Å². The molecule has 0 saturated heterocycles. The third-order valence-electron chi connectivity index (χ3n) is 4.32. The monoisotopic (exact) mass is 379 g/mol. The number of hydrogen-bond donors (Lipinski definition) is 0. The van der Waals surface area contributed by atoms with Crippen molar-refractivity contribution in [3.8, 4) is 5.69 Å². The van der Waals surface area contributed by atoms with Gasteiger partial charge in [0.25, 0.3) is 0 Å². The van der Waals surface area contributed by atoms with Crippen molar-refractivity contribution in [1.29, 1.82) is 0 Å². The number of carbonyl (C=O) groups is 1. The number of aromatic nitrogens is 3. The molecule has 1 aromatic carbocycles. The van der Waals surface area contributed by atoms with Crippen molar-refractivity contribution in [3.05, 3.63) is 35.1 Å². The Morgan fingerprint density at radius 1 is 1.32 bits per heavy atom. The summed E-state index contributed by atoms with van der Waals surface area (Å²) in [7, 11) is 0. The summed E-state index contributed by atoms with van der Waals surface area (Å²) in [4.78, 5) is 11.7. The van der Waals surface area contributed by atoms with E-state index in [0.717, 1.165) is 24.4 Å². The Morgan fingerprint density at radius 2 is 2.12 bits per heavy atom. The fourth-order valence-corrected chi connectivity index (χ4v) is 4.13. The first kappa shape index (κ1) is 18.3. The van der Waals surface area contributed by atoms with E-state index in [9.17, 15) is 4.79 Å². The molecule has 2 aromatic rings. The molecule has 1 aliphatic carbocycles. The van der Waals surface area contributed by atoms with Crippen LogP contribution in [0.4, 0.5) is 0 Å². The zero-order chi connectivity index (χ0) is 17.6. The largest absolute Gasteiger partial charge is 0.465 e. The van der Waals surface area contributed by atoms with Gasteiger partial charge < -0.3 is 4.74 Å². The van der Waals surface area contributed by atoms with Crippen molar-refractivity contribution in [2.24, 2.45) is 0 Å². The molecule has 0 amide bonds. The second-order valence-electron chi connectivity index (χ2n) is 6.08. The first-order valence-electron chi connectivity index (χ1n) is 8.68. The number of thioether (sulfide) groups is 1. The number of rotatable bonds is 6. The van der Waals surface area contributed by atoms with Gasteiger partial charge in [-0.05, 0) is 38.0 Å². The maximum absolute atomic E-state index is 11.7. The molecule has 0 radical (unpaired) electrons. The summed E-state index contributed by atoms with van der Waals surface area (Å²) in [6.45, 7) is 2.19. The number of hydrogen-bond acceptors (Lipinski definition) is 5. The van der Waals surface area contributed by atoms with Crippen molar-refractivity contribution in [2.45, 2.75) is 50.1 Å². The molecule has 1 aliphatic rings. The average Bonchev–Trinajstić information content (AvgIpc) is 3.05. The molecule has 5 nitrogen and oxygen atoms in total. The minimum atomic E-state index is -0.243. The SMILES string of the molecule is CCOC(=O)CSc1nnc(C2CCCCC2)n1-c1cccc(Cl)c1. The number of ether oxygens (including phenoxy) is 1. The van der Waals surface area contributed by atoms with Crippen LogP contribution in [0.25, 0.3) is 5.69 Å². The van der Waals surface area contributed by atoms with Crippen molar-refractivity contribution in [3.63, 3.8) is 0 Å². The molecule has 0 atom stereocenters. The van der Waals surface area contributed by atoms with Crippen LogP contribution < -0.4 is 0 Å². The molecule has 1 aromatic heterocycles. The molecule has 3 rings (SSSR count). The predicted octanol–water partition coefficient (Wildman–Crippen LogP) is 4.62. The first-order valence-corrected chi connectivity index (χ1v) is 10.0. The van der Waals surface area contributed by atoms with Gasteiger partial charge in [-0.25, -0.2) is 0 Å². The topological polar surface area (TPSA) is 57.0 Å². The lowest BCUT2D eigenvalue weighted by molar-refractivity contribution is -0.139. The molecule has 0 N–H and O–H groups in total. The molecule has 0 bridgehead atoms. The van der Waals surface area contributed by atoms with Crippen LogP contribution in [0.15, 0.2) is 29.4 Å². The zero-order valence-corrected chi connectivity index (χ0v) is 15.9. The molecule has 134 valence electrons. The summed E-state index contributed by atoms with van der Waals surface area (Å²) >= 11 is 7.54. The second kappa shape index (κ2) is 8.72. The van der Waals surface area contributed by atoms with Gasteiger partial charge in [-0.2, -0.15) is 0 Å². The van der Waals surface area contributed by atoms with Crippen molar-refractivity contribution in [1.82, 2.24) is 14.8 Å². The van der Waals surface area contributed by atoms with Crippen LogP contribution in [-0.4, -0.2) is 33.1 Å². The zero-order valence-electron chi connectivity index (χ0n) is 14.3. The molecular weight excluding hydrogens is 358 g/mol. The molecule has 0 aliphatic heterocycles. The summed E-state index contributed by atoms with van der Waals surface area (Å²) < 4.78 is 7.06. The van der Waals surface area contributed by atoms with Crippen LogP contribution >= 0.6 is 23.4 Å². The highest BCUT2D eigenvalue weighted by atomic mass is 35.5. The Hall–Kier alpha value is -1.53. The summed E-state index contributed by atoms with van der Waals surface area (Å²) in [6, 6.07) is 7.67. The van der Waals surface area contributed by atoms with Gasteiger partial charge in [0.15, 0.2) is 5.16 Å². The van der Waals surface area contributed by atoms with Gasteiger partial charge >= 0.3 is 5.97 Å². The fourth-order valence-electron chi connectivity index (χ4n) is 3.18. The van der Waals surface area contributed by atoms with E-state index in [1.807, 2.05) is 28.8 Å². The van der Waals surface area contributed by atoms with Gasteiger partial charge in [0.1, 0.15) is 5.82 Å². The van der Waals surface area contributed by atoms with Gasteiger partial charge in [-0.1, -0.05) is 48.7 Å². The van der Waals surface area contributed by atoms with E-state index in [2.05, 4.69) is 10.2 Å². The lowest BCUT2D eigenvalue weighted by Crippen LogP contribution is -2.12. The van der Waals surface area contributed by atoms with Crippen LogP contribution in [-0.2, 0) is 9.53 Å². The highest BCUT2D eigenvalue weighted by Crippen LogP contribution is 2.35. The maximum atomic E-state index is 11.7. The number of carbonyl (C=O) groups excluding carboxylic acids is 1. The number of esters is 1. The van der Waals surface area contributed by atoms with Gasteiger partial charge in [-0.15, -0.1) is 10.2 Å². The van der Waals surface area contributed by atoms with Crippen molar-refractivity contribution < 1.29 is 9.53 Å². The molecule has 1 saturated carbocycles. The average molecular weight is 380 g/mol. The molecule has 0 unspecified atom stereocenters. The molecule has 25 heavy (non-hydrogen) atoms. The smallest absolute Gasteiger partial charge is 0.316 e. The summed E-state index contributed by atoms with van der Waals surface area (Å²) in [5.74, 6) is 1.34. The fraction of sp³-hybridized carbons (Fsp3) is 0.500. The highest BCUT2D eigenvalue weighted by Gasteiger charge is 2.24. The van der Waals surface area contributed by atoms with Crippen LogP contribution in [0.1, 0.15) is 50.8 Å². The lowest BCUT2D eigenvalue weighted by Gasteiger charge is -2.22. The van der Waals surface area contributed by atoms with Crippen LogP contribution in [0.5, 0.6) is 0 Å². The third-order valence-corrected chi connectivity index (χ3v) is 5.46. The Morgan fingerprint density at radius 3 is 2.84 bits per heavy atom. The van der Waals surface area contributed by atoms with Gasteiger partial charge in [0, 0.05) is 10.9 Å². The van der Waals surface area contributed by atoms with Crippen LogP contribution in [0.3, 0.4) is 0 Å². The summed E-state index contributed by atoms with van der Waals surface area (Å²) in [5.41, 5.74) is 0.935. The number of halogens is 1. The van der Waals surface area contributed by atoms with Gasteiger partial charge in [0.05, 0.1) is 18.0 Å². The van der Waals surface area contributed by atoms with E-state index in [1.54, 1.807) is 6.92 Å². The maximum Gasteiger partial charge on any atom is 0.316 e. The van der Waals surface area contributed by atoms with E-state index >= 15 is 0 Å². The van der Waals surface area contributed by atoms with E-state index in [-0.39, 0.29) is 11.7 Å². The van der Waals surface area contributed by atoms with Crippen molar-refractivity contribution >= 4 is 29.3 Å². The molecule has 7 heteroatoms. The predicted molar refractivity (Wildman–Crippen MR) is 99.6 cm³/mol. The highest BCUT2D eigenvalue weighted by molar-refractivity contribution is 7.99. The van der Waals surface area contributed by atoms with Gasteiger partial charge in [-0.3, -0.25) is 9.36 Å². The van der Waals surface area contributed by atoms with E-state index in [1.165, 1.54) is 31.0 Å². The molecule has 1 heterocycles. The number of benzene rings is 1. The van der Waals surface area contributed by atoms with E-state index < -0.39 is 0 Å². The minimum absolute atomic E-state index is 0.219. The first-order chi connectivity index (χ1) is 12.2. The van der Waals surface area contributed by atoms with Crippen LogP contribution in [0.2, 0.25) is 5.02 Å². The van der Waals surface area contributed by atoms with Crippen molar-refractivity contribution in [2.75, 3.05) is 12.4 Å². The quantitative estimate of drug-likeness (QED) is 0.541. The summed E-state index contributed by atoms with van der Waals surface area (Å²) in [5, 5.41) is 10.2. The second-order valence-corrected chi connectivity index (χ2v) is 7.46. The summed E-state index contributed by atoms with van der Waals surface area (Å²) in [6.07, 6.45) is 5.98. The Labute approximate surface area is 157 Å². The molecule has 1 fully saturated rings. The lowest BCUT2D eigenvalue weighted by atomic mass is 9.88. The third kappa shape index (κ3) is 4.55. The molecule has 0 spiro atoms. The molecular formula is C18H22ClN3O2S. The minimum Gasteiger partial charge on any atom is -0.465 e. The van der Waals surface area contributed by atoms with Crippen LogP contribution in [0, 0.1) is 0 Å². The number of nitrogens with zero attached hydrogens (tertiary/aromatic N) is 3.